The van der Waals surface area contributed by atoms with Crippen LogP contribution >= 0.6 is 0 Å². The molecule has 0 radical (unpaired) electrons. The zero-order valence-corrected chi connectivity index (χ0v) is 16.9. The number of anilines is 1. The van der Waals surface area contributed by atoms with E-state index in [1.54, 1.807) is 24.1 Å². The minimum Gasteiger partial charge on any atom is -0.497 e. The summed E-state index contributed by atoms with van der Waals surface area (Å²) in [6.45, 7) is 0. The van der Waals surface area contributed by atoms with E-state index in [4.69, 9.17) is 4.74 Å². The number of amides is 1. The Hall–Kier alpha value is -3.54. The van der Waals surface area contributed by atoms with Crippen molar-refractivity contribution in [3.63, 3.8) is 0 Å². The fraction of sp³-hybridized carbons (Fsp3) is 0.200. The summed E-state index contributed by atoms with van der Waals surface area (Å²) in [6, 6.07) is 18.3. The first-order chi connectivity index (χ1) is 15.0. The second kappa shape index (κ2) is 8.68. The predicted octanol–water partition coefficient (Wildman–Crippen LogP) is 5.34. The summed E-state index contributed by atoms with van der Waals surface area (Å²) in [5.41, 5.74) is 1.93. The Morgan fingerprint density at radius 3 is 2.06 bits per heavy atom. The average Bonchev–Trinajstić information content (AvgIpc) is 2.79. The first-order valence-corrected chi connectivity index (χ1v) is 9.99. The fourth-order valence-electron chi connectivity index (χ4n) is 3.97. The minimum atomic E-state index is -0.403. The van der Waals surface area contributed by atoms with Gasteiger partial charge in [-0.1, -0.05) is 12.1 Å². The normalized spacial score (nSPS) is 17.9. The molecule has 0 spiro atoms. The molecule has 2 atom stereocenters. The molecule has 31 heavy (non-hydrogen) atoms. The van der Waals surface area contributed by atoms with E-state index >= 15 is 0 Å². The second-order valence-electron chi connectivity index (χ2n) is 7.48. The largest absolute Gasteiger partial charge is 0.497 e. The van der Waals surface area contributed by atoms with Crippen LogP contribution < -0.4 is 9.64 Å². The number of carbonyl (C=O) groups is 2. The molecule has 158 valence electrons. The number of carbonyl (C=O) groups excluding carboxylic acids is 2. The summed E-state index contributed by atoms with van der Waals surface area (Å²) in [4.78, 5) is 27.1. The van der Waals surface area contributed by atoms with Crippen LogP contribution in [0.1, 0.15) is 34.8 Å². The van der Waals surface area contributed by atoms with Crippen LogP contribution in [0.15, 0.2) is 72.8 Å². The Bertz CT molecular complexity index is 1080. The van der Waals surface area contributed by atoms with Crippen molar-refractivity contribution in [3.8, 4) is 5.75 Å². The van der Waals surface area contributed by atoms with Gasteiger partial charge in [-0.05, 0) is 72.6 Å². The van der Waals surface area contributed by atoms with Gasteiger partial charge in [0.15, 0.2) is 5.78 Å². The van der Waals surface area contributed by atoms with Crippen molar-refractivity contribution in [2.45, 2.75) is 18.9 Å². The van der Waals surface area contributed by atoms with Crippen LogP contribution in [0.4, 0.5) is 14.5 Å². The Kier molecular flexibility index (Phi) is 5.80. The van der Waals surface area contributed by atoms with E-state index in [9.17, 15) is 18.4 Å². The molecule has 1 amide bonds. The topological polar surface area (TPSA) is 46.6 Å². The number of ketones is 1. The molecule has 3 aromatic carbocycles. The first-order valence-electron chi connectivity index (χ1n) is 9.99. The fourth-order valence-corrected chi connectivity index (χ4v) is 3.97. The number of ether oxygens (including phenoxy) is 1. The highest BCUT2D eigenvalue weighted by atomic mass is 19.1. The second-order valence-corrected chi connectivity index (χ2v) is 7.48. The van der Waals surface area contributed by atoms with Gasteiger partial charge in [0, 0.05) is 17.7 Å². The van der Waals surface area contributed by atoms with Crippen molar-refractivity contribution in [2.24, 2.45) is 5.92 Å². The number of rotatable bonds is 7. The SMILES string of the molecule is COc1ccc(C2[C@@H](CCC(=O)c3ccc(F)cc3)C(=O)N2c2ccc(F)cc2)cc1. The summed E-state index contributed by atoms with van der Waals surface area (Å²) in [7, 11) is 1.58. The lowest BCUT2D eigenvalue weighted by Gasteiger charge is -2.47. The molecule has 0 aliphatic carbocycles. The third-order valence-electron chi connectivity index (χ3n) is 5.62. The molecule has 0 aromatic heterocycles. The number of hydrogen-bond acceptors (Lipinski definition) is 3. The van der Waals surface area contributed by atoms with Gasteiger partial charge in [-0.2, -0.15) is 0 Å². The average molecular weight is 421 g/mol. The van der Waals surface area contributed by atoms with Crippen molar-refractivity contribution >= 4 is 17.4 Å². The number of β-lactam (4-membered cyclic amide) rings is 1. The molecule has 4 rings (SSSR count). The van der Waals surface area contributed by atoms with E-state index in [1.807, 2.05) is 24.3 Å². The third kappa shape index (κ3) is 4.19. The maximum atomic E-state index is 13.4. The van der Waals surface area contributed by atoms with Crippen molar-refractivity contribution in [1.29, 1.82) is 0 Å². The summed E-state index contributed by atoms with van der Waals surface area (Å²) in [6.07, 6.45) is 0.537. The number of methoxy groups -OCH3 is 1. The maximum Gasteiger partial charge on any atom is 0.233 e. The molecule has 6 heteroatoms. The standard InChI is InChI=1S/C25H21F2NO3/c1-31-21-12-4-17(5-13-21)24-22(14-15-23(29)16-2-6-18(26)7-3-16)25(30)28(24)20-10-8-19(27)9-11-20/h2-13,22,24H,14-15H2,1H3/t22-,24?/m1/s1. The number of benzene rings is 3. The first kappa shape index (κ1) is 20.7. The summed E-state index contributed by atoms with van der Waals surface area (Å²) >= 11 is 0. The molecule has 4 nitrogen and oxygen atoms in total. The van der Waals surface area contributed by atoms with Crippen LogP contribution in [0.25, 0.3) is 0 Å². The summed E-state index contributed by atoms with van der Waals surface area (Å²) in [5, 5.41) is 0. The molecule has 1 heterocycles. The van der Waals surface area contributed by atoms with E-state index in [0.29, 0.717) is 23.4 Å². The molecular formula is C25H21F2NO3. The Morgan fingerprint density at radius 2 is 1.48 bits per heavy atom. The van der Waals surface area contributed by atoms with Crippen LogP contribution in [0.2, 0.25) is 0 Å². The van der Waals surface area contributed by atoms with E-state index in [-0.39, 0.29) is 35.9 Å². The number of Topliss-reactive ketones (excluding diaryl/α,β-unsaturated/α-hetero) is 1. The number of hydrogen-bond donors (Lipinski definition) is 0. The lowest BCUT2D eigenvalue weighted by atomic mass is 9.78. The number of nitrogens with zero attached hydrogens (tertiary/aromatic N) is 1. The minimum absolute atomic E-state index is 0.112. The van der Waals surface area contributed by atoms with Crippen LogP contribution in [0.3, 0.4) is 0 Å². The van der Waals surface area contributed by atoms with E-state index in [1.165, 1.54) is 36.4 Å². The highest BCUT2D eigenvalue weighted by molar-refractivity contribution is 6.04. The zero-order valence-electron chi connectivity index (χ0n) is 16.9. The predicted molar refractivity (Wildman–Crippen MR) is 113 cm³/mol. The lowest BCUT2D eigenvalue weighted by Crippen LogP contribution is -2.55. The molecule has 1 saturated heterocycles. The van der Waals surface area contributed by atoms with Crippen molar-refractivity contribution < 1.29 is 23.1 Å². The molecule has 1 unspecified atom stereocenters. The van der Waals surface area contributed by atoms with Gasteiger partial charge < -0.3 is 9.64 Å². The summed E-state index contributed by atoms with van der Waals surface area (Å²) in [5.74, 6) is -0.714. The smallest absolute Gasteiger partial charge is 0.233 e. The van der Waals surface area contributed by atoms with Crippen LogP contribution in [-0.4, -0.2) is 18.8 Å². The van der Waals surface area contributed by atoms with Gasteiger partial charge in [0.2, 0.25) is 5.91 Å². The molecule has 1 aliphatic heterocycles. The van der Waals surface area contributed by atoms with Gasteiger partial charge in [-0.3, -0.25) is 9.59 Å². The molecular weight excluding hydrogens is 400 g/mol. The Balaban J connectivity index is 1.56. The monoisotopic (exact) mass is 421 g/mol. The zero-order chi connectivity index (χ0) is 22.0. The highest BCUT2D eigenvalue weighted by Gasteiger charge is 2.48. The van der Waals surface area contributed by atoms with E-state index < -0.39 is 5.82 Å². The van der Waals surface area contributed by atoms with Crippen LogP contribution in [0, 0.1) is 17.6 Å². The highest BCUT2D eigenvalue weighted by Crippen LogP contribution is 2.46. The summed E-state index contributed by atoms with van der Waals surface area (Å²) < 4.78 is 31.7. The van der Waals surface area contributed by atoms with Gasteiger partial charge in [0.05, 0.1) is 19.1 Å². The van der Waals surface area contributed by atoms with Gasteiger partial charge >= 0.3 is 0 Å². The molecule has 1 fully saturated rings. The quantitative estimate of drug-likeness (QED) is 0.382. The van der Waals surface area contributed by atoms with Gasteiger partial charge in [-0.25, -0.2) is 8.78 Å². The molecule has 3 aromatic rings. The van der Waals surface area contributed by atoms with Crippen LogP contribution in [-0.2, 0) is 4.79 Å². The Labute approximate surface area is 179 Å². The molecule has 0 bridgehead atoms. The van der Waals surface area contributed by atoms with Crippen molar-refractivity contribution in [2.75, 3.05) is 12.0 Å². The van der Waals surface area contributed by atoms with Gasteiger partial charge in [0.25, 0.3) is 0 Å². The van der Waals surface area contributed by atoms with Crippen LogP contribution in [0.5, 0.6) is 5.75 Å². The third-order valence-corrected chi connectivity index (χ3v) is 5.62. The van der Waals surface area contributed by atoms with E-state index in [0.717, 1.165) is 5.56 Å². The molecule has 0 N–H and O–H groups in total. The van der Waals surface area contributed by atoms with E-state index in [2.05, 4.69) is 0 Å². The molecule has 0 saturated carbocycles. The number of halogens is 2. The van der Waals surface area contributed by atoms with Crippen molar-refractivity contribution in [3.05, 3.63) is 95.6 Å². The lowest BCUT2D eigenvalue weighted by molar-refractivity contribution is -0.130. The maximum absolute atomic E-state index is 13.4. The van der Waals surface area contributed by atoms with Gasteiger partial charge in [-0.15, -0.1) is 0 Å². The van der Waals surface area contributed by atoms with Crippen molar-refractivity contribution in [1.82, 2.24) is 0 Å². The molecule has 1 aliphatic rings. The van der Waals surface area contributed by atoms with Gasteiger partial charge in [0.1, 0.15) is 17.4 Å². The Morgan fingerprint density at radius 1 is 0.903 bits per heavy atom.